The Balaban J connectivity index is 2.34. The Labute approximate surface area is 114 Å². The lowest BCUT2D eigenvalue weighted by molar-refractivity contribution is 0.342. The molecule has 0 heterocycles. The van der Waals surface area contributed by atoms with E-state index in [0.717, 1.165) is 0 Å². The number of nitrogens with one attached hydrogen (secondary N) is 1. The Morgan fingerprint density at radius 2 is 2.00 bits per heavy atom. The SMILES string of the molecule is CN(C)CCNS(=O)(=O)CCOc1ccccc1N. The second-order valence-electron chi connectivity index (χ2n) is 4.40. The predicted octanol–water partition coefficient (Wildman–Crippen LogP) is 0.129. The monoisotopic (exact) mass is 287 g/mol. The maximum absolute atomic E-state index is 11.6. The van der Waals surface area contributed by atoms with Gasteiger partial charge in [0.15, 0.2) is 0 Å². The lowest BCUT2D eigenvalue weighted by Gasteiger charge is -2.12. The zero-order chi connectivity index (χ0) is 14.3. The highest BCUT2D eigenvalue weighted by Crippen LogP contribution is 2.19. The minimum absolute atomic E-state index is 0.0749. The third-order valence-corrected chi connectivity index (χ3v) is 3.76. The molecule has 0 aliphatic carbocycles. The number of nitrogens with zero attached hydrogens (tertiary/aromatic N) is 1. The third-order valence-electron chi connectivity index (χ3n) is 2.41. The lowest BCUT2D eigenvalue weighted by Crippen LogP contribution is -2.34. The molecule has 1 rings (SSSR count). The summed E-state index contributed by atoms with van der Waals surface area (Å²) in [7, 11) is 0.466. The van der Waals surface area contributed by atoms with Crippen molar-refractivity contribution in [1.82, 2.24) is 9.62 Å². The predicted molar refractivity (Wildman–Crippen MR) is 76.7 cm³/mol. The van der Waals surface area contributed by atoms with Crippen LogP contribution in [-0.2, 0) is 10.0 Å². The quantitative estimate of drug-likeness (QED) is 0.664. The molecule has 0 amide bonds. The van der Waals surface area contributed by atoms with Crippen molar-refractivity contribution in [2.45, 2.75) is 0 Å². The maximum atomic E-state index is 11.6. The number of nitrogens with two attached hydrogens (primary N) is 1. The van der Waals surface area contributed by atoms with Crippen LogP contribution in [0.5, 0.6) is 5.75 Å². The van der Waals surface area contributed by atoms with Crippen molar-refractivity contribution < 1.29 is 13.2 Å². The van der Waals surface area contributed by atoms with Gasteiger partial charge in [0.2, 0.25) is 10.0 Å². The molecule has 0 saturated carbocycles. The summed E-state index contributed by atoms with van der Waals surface area (Å²) in [6.07, 6.45) is 0. The van der Waals surface area contributed by atoms with Gasteiger partial charge in [0.25, 0.3) is 0 Å². The smallest absolute Gasteiger partial charge is 0.214 e. The molecule has 0 aliphatic rings. The molecule has 0 spiro atoms. The Morgan fingerprint density at radius 3 is 2.63 bits per heavy atom. The van der Waals surface area contributed by atoms with E-state index in [1.54, 1.807) is 24.3 Å². The zero-order valence-corrected chi connectivity index (χ0v) is 12.1. The van der Waals surface area contributed by atoms with Gasteiger partial charge in [-0.25, -0.2) is 13.1 Å². The van der Waals surface area contributed by atoms with E-state index in [1.807, 2.05) is 19.0 Å². The van der Waals surface area contributed by atoms with Gasteiger partial charge in [0.05, 0.1) is 11.4 Å². The number of rotatable bonds is 8. The molecule has 19 heavy (non-hydrogen) atoms. The minimum Gasteiger partial charge on any atom is -0.490 e. The van der Waals surface area contributed by atoms with Gasteiger partial charge in [-0.1, -0.05) is 12.1 Å². The number of anilines is 1. The van der Waals surface area contributed by atoms with E-state index in [2.05, 4.69) is 4.72 Å². The summed E-state index contributed by atoms with van der Waals surface area (Å²) in [5.74, 6) is 0.417. The van der Waals surface area contributed by atoms with Crippen molar-refractivity contribution in [1.29, 1.82) is 0 Å². The molecule has 0 bridgehead atoms. The van der Waals surface area contributed by atoms with Crippen molar-refractivity contribution in [3.63, 3.8) is 0 Å². The van der Waals surface area contributed by atoms with Gasteiger partial charge in [0.1, 0.15) is 12.4 Å². The van der Waals surface area contributed by atoms with Gasteiger partial charge >= 0.3 is 0 Å². The first-order valence-corrected chi connectivity index (χ1v) is 7.65. The number of para-hydroxylation sites is 2. The molecular formula is C12H21N3O3S. The summed E-state index contributed by atoms with van der Waals surface area (Å²) in [6.45, 7) is 1.13. The summed E-state index contributed by atoms with van der Waals surface area (Å²) in [4.78, 5) is 1.91. The molecule has 0 aliphatic heterocycles. The fourth-order valence-corrected chi connectivity index (χ4v) is 2.22. The molecule has 3 N–H and O–H groups in total. The van der Waals surface area contributed by atoms with E-state index in [4.69, 9.17) is 10.5 Å². The van der Waals surface area contributed by atoms with E-state index in [0.29, 0.717) is 24.5 Å². The van der Waals surface area contributed by atoms with Gasteiger partial charge in [-0.15, -0.1) is 0 Å². The average Bonchev–Trinajstić information content (AvgIpc) is 2.30. The molecule has 0 saturated heterocycles. The Bertz CT molecular complexity index is 489. The highest BCUT2D eigenvalue weighted by atomic mass is 32.2. The van der Waals surface area contributed by atoms with Crippen LogP contribution < -0.4 is 15.2 Å². The van der Waals surface area contributed by atoms with Crippen molar-refractivity contribution in [3.8, 4) is 5.75 Å². The Morgan fingerprint density at radius 1 is 1.32 bits per heavy atom. The van der Waals surface area contributed by atoms with E-state index in [1.165, 1.54) is 0 Å². The fraction of sp³-hybridized carbons (Fsp3) is 0.500. The molecule has 0 radical (unpaired) electrons. The number of sulfonamides is 1. The van der Waals surface area contributed by atoms with E-state index >= 15 is 0 Å². The standard InChI is InChI=1S/C12H21N3O3S/c1-15(2)8-7-14-19(16,17)10-9-18-12-6-4-3-5-11(12)13/h3-6,14H,7-10,13H2,1-2H3. The van der Waals surface area contributed by atoms with Crippen LogP contribution in [0, 0.1) is 0 Å². The second-order valence-corrected chi connectivity index (χ2v) is 6.33. The van der Waals surface area contributed by atoms with Crippen LogP contribution in [0.3, 0.4) is 0 Å². The van der Waals surface area contributed by atoms with Crippen LogP contribution in [-0.4, -0.2) is 52.9 Å². The van der Waals surface area contributed by atoms with Crippen LogP contribution in [0.1, 0.15) is 0 Å². The molecule has 1 aromatic rings. The number of hydrogen-bond donors (Lipinski definition) is 2. The molecule has 108 valence electrons. The average molecular weight is 287 g/mol. The molecule has 0 unspecified atom stereocenters. The fourth-order valence-electron chi connectivity index (χ4n) is 1.37. The lowest BCUT2D eigenvalue weighted by atomic mass is 10.3. The van der Waals surface area contributed by atoms with E-state index < -0.39 is 10.0 Å². The number of ether oxygens (including phenoxy) is 1. The number of benzene rings is 1. The largest absolute Gasteiger partial charge is 0.490 e. The molecule has 0 aromatic heterocycles. The first-order valence-electron chi connectivity index (χ1n) is 6.00. The Hall–Kier alpha value is -1.31. The summed E-state index contributed by atoms with van der Waals surface area (Å²) in [6, 6.07) is 7.00. The van der Waals surface area contributed by atoms with Crippen LogP contribution in [0.2, 0.25) is 0 Å². The topological polar surface area (TPSA) is 84.7 Å². The second kappa shape index (κ2) is 7.32. The maximum Gasteiger partial charge on any atom is 0.214 e. The summed E-state index contributed by atoms with van der Waals surface area (Å²) < 4.78 is 31.1. The van der Waals surface area contributed by atoms with Crippen molar-refractivity contribution in [2.75, 3.05) is 45.3 Å². The number of hydrogen-bond acceptors (Lipinski definition) is 5. The summed E-state index contributed by atoms with van der Waals surface area (Å²) in [5.41, 5.74) is 6.19. The molecule has 0 fully saturated rings. The van der Waals surface area contributed by atoms with Crippen molar-refractivity contribution >= 4 is 15.7 Å². The Kier molecular flexibility index (Phi) is 6.07. The van der Waals surface area contributed by atoms with Gasteiger partial charge in [-0.05, 0) is 26.2 Å². The van der Waals surface area contributed by atoms with E-state index in [-0.39, 0.29) is 12.4 Å². The van der Waals surface area contributed by atoms with Gasteiger partial charge in [-0.2, -0.15) is 0 Å². The molecule has 0 atom stereocenters. The van der Waals surface area contributed by atoms with Crippen molar-refractivity contribution in [2.24, 2.45) is 0 Å². The molecule has 7 heteroatoms. The first kappa shape index (κ1) is 15.7. The highest BCUT2D eigenvalue weighted by molar-refractivity contribution is 7.89. The molecule has 1 aromatic carbocycles. The molecule has 6 nitrogen and oxygen atoms in total. The van der Waals surface area contributed by atoms with E-state index in [9.17, 15) is 8.42 Å². The van der Waals surface area contributed by atoms with Gasteiger partial charge in [-0.3, -0.25) is 0 Å². The number of nitrogen functional groups attached to an aromatic ring is 1. The molecular weight excluding hydrogens is 266 g/mol. The van der Waals surface area contributed by atoms with Crippen LogP contribution >= 0.6 is 0 Å². The van der Waals surface area contributed by atoms with Crippen LogP contribution in [0.15, 0.2) is 24.3 Å². The third kappa shape index (κ3) is 6.42. The summed E-state index contributed by atoms with van der Waals surface area (Å²) in [5, 5.41) is 0. The minimum atomic E-state index is -3.30. The van der Waals surface area contributed by atoms with Crippen LogP contribution in [0.4, 0.5) is 5.69 Å². The zero-order valence-electron chi connectivity index (χ0n) is 11.3. The summed E-state index contributed by atoms with van der Waals surface area (Å²) >= 11 is 0. The first-order chi connectivity index (χ1) is 8.91. The van der Waals surface area contributed by atoms with Crippen LogP contribution in [0.25, 0.3) is 0 Å². The normalized spacial score (nSPS) is 11.7. The highest BCUT2D eigenvalue weighted by Gasteiger charge is 2.10. The number of likely N-dealkylation sites (N-methyl/N-ethyl adjacent to an activating group) is 1. The van der Waals surface area contributed by atoms with Crippen molar-refractivity contribution in [3.05, 3.63) is 24.3 Å². The van der Waals surface area contributed by atoms with Gasteiger partial charge in [0, 0.05) is 13.1 Å². The van der Waals surface area contributed by atoms with Gasteiger partial charge < -0.3 is 15.4 Å².